The van der Waals surface area contributed by atoms with Gasteiger partial charge in [-0.3, -0.25) is 4.90 Å². The van der Waals surface area contributed by atoms with Crippen molar-refractivity contribution in [3.63, 3.8) is 0 Å². The van der Waals surface area contributed by atoms with E-state index >= 15 is 0 Å². The van der Waals surface area contributed by atoms with Crippen molar-refractivity contribution < 1.29 is 4.74 Å². The molecule has 1 heterocycles. The van der Waals surface area contributed by atoms with Crippen LogP contribution in [0.2, 0.25) is 0 Å². The van der Waals surface area contributed by atoms with E-state index in [9.17, 15) is 0 Å². The largest absolute Gasteiger partial charge is 0.379 e. The summed E-state index contributed by atoms with van der Waals surface area (Å²) < 4.78 is 5.48. The molecule has 2 rings (SSSR count). The summed E-state index contributed by atoms with van der Waals surface area (Å²) >= 11 is 0. The number of morpholine rings is 1. The average molecular weight is 276 g/mol. The molecule has 3 nitrogen and oxygen atoms in total. The van der Waals surface area contributed by atoms with Crippen molar-refractivity contribution in [2.75, 3.05) is 33.4 Å². The van der Waals surface area contributed by atoms with Crippen molar-refractivity contribution in [2.45, 2.75) is 38.8 Å². The number of ether oxygens (including phenoxy) is 1. The van der Waals surface area contributed by atoms with Crippen molar-refractivity contribution in [3.8, 4) is 0 Å². The van der Waals surface area contributed by atoms with E-state index in [-0.39, 0.29) is 5.54 Å². The third kappa shape index (κ3) is 3.60. The van der Waals surface area contributed by atoms with E-state index < -0.39 is 0 Å². The van der Waals surface area contributed by atoms with Gasteiger partial charge in [0.05, 0.1) is 13.2 Å². The van der Waals surface area contributed by atoms with E-state index in [2.05, 4.69) is 62.3 Å². The third-order valence-electron chi connectivity index (χ3n) is 4.59. The molecule has 1 aromatic rings. The van der Waals surface area contributed by atoms with Crippen LogP contribution in [0.4, 0.5) is 0 Å². The van der Waals surface area contributed by atoms with Gasteiger partial charge < -0.3 is 10.1 Å². The van der Waals surface area contributed by atoms with Crippen molar-refractivity contribution in [3.05, 3.63) is 35.4 Å². The molecule has 0 aromatic heterocycles. The minimum atomic E-state index is 0.128. The zero-order chi connectivity index (χ0) is 14.6. The Hall–Kier alpha value is -0.900. The van der Waals surface area contributed by atoms with Gasteiger partial charge >= 0.3 is 0 Å². The zero-order valence-electron chi connectivity index (χ0n) is 13.3. The van der Waals surface area contributed by atoms with E-state index in [0.717, 1.165) is 32.7 Å². The first-order valence-corrected chi connectivity index (χ1v) is 7.59. The molecular weight excluding hydrogens is 248 g/mol. The van der Waals surface area contributed by atoms with Crippen LogP contribution in [-0.2, 0) is 11.2 Å². The summed E-state index contributed by atoms with van der Waals surface area (Å²) in [7, 11) is 2.07. The standard InChI is InChI=1S/C17H28N2O/c1-14-5-7-15(8-6-14)13-16(18-4)17(2,3)19-9-11-20-12-10-19/h5-8,16,18H,9-13H2,1-4H3. The molecule has 0 aliphatic carbocycles. The number of aryl methyl sites for hydroxylation is 1. The number of nitrogens with one attached hydrogen (secondary N) is 1. The number of hydrogen-bond donors (Lipinski definition) is 1. The Balaban J connectivity index is 2.07. The Kier molecular flexibility index (Phi) is 5.19. The van der Waals surface area contributed by atoms with Crippen LogP contribution in [0.25, 0.3) is 0 Å². The number of rotatable bonds is 5. The maximum absolute atomic E-state index is 5.48. The molecule has 0 radical (unpaired) electrons. The van der Waals surface area contributed by atoms with Crippen LogP contribution in [0.15, 0.2) is 24.3 Å². The highest BCUT2D eigenvalue weighted by molar-refractivity contribution is 5.22. The van der Waals surface area contributed by atoms with Crippen LogP contribution >= 0.6 is 0 Å². The lowest BCUT2D eigenvalue weighted by Crippen LogP contribution is -2.60. The first-order chi connectivity index (χ1) is 9.54. The molecule has 0 spiro atoms. The molecule has 1 aromatic carbocycles. The van der Waals surface area contributed by atoms with Crippen LogP contribution in [0.5, 0.6) is 0 Å². The van der Waals surface area contributed by atoms with E-state index in [4.69, 9.17) is 4.74 Å². The summed E-state index contributed by atoms with van der Waals surface area (Å²) in [5, 5.41) is 3.52. The summed E-state index contributed by atoms with van der Waals surface area (Å²) in [4.78, 5) is 2.55. The highest BCUT2D eigenvalue weighted by atomic mass is 16.5. The Morgan fingerprint density at radius 2 is 1.80 bits per heavy atom. The molecule has 20 heavy (non-hydrogen) atoms. The Morgan fingerprint density at radius 1 is 1.20 bits per heavy atom. The second kappa shape index (κ2) is 6.70. The number of likely N-dealkylation sites (N-methyl/N-ethyl adjacent to an activating group) is 1. The van der Waals surface area contributed by atoms with Gasteiger partial charge in [-0.15, -0.1) is 0 Å². The Morgan fingerprint density at radius 3 is 2.35 bits per heavy atom. The van der Waals surface area contributed by atoms with Crippen LogP contribution in [0.3, 0.4) is 0 Å². The summed E-state index contributed by atoms with van der Waals surface area (Å²) in [6.07, 6.45) is 1.06. The fraction of sp³-hybridized carbons (Fsp3) is 0.647. The van der Waals surface area contributed by atoms with E-state index in [1.807, 2.05) is 0 Å². The van der Waals surface area contributed by atoms with Crippen LogP contribution in [0.1, 0.15) is 25.0 Å². The normalized spacial score (nSPS) is 19.0. The van der Waals surface area contributed by atoms with Gasteiger partial charge in [-0.2, -0.15) is 0 Å². The van der Waals surface area contributed by atoms with Crippen molar-refractivity contribution in [1.82, 2.24) is 10.2 Å². The summed E-state index contributed by atoms with van der Waals surface area (Å²) in [5.41, 5.74) is 2.85. The third-order valence-corrected chi connectivity index (χ3v) is 4.59. The zero-order valence-corrected chi connectivity index (χ0v) is 13.3. The molecule has 0 amide bonds. The minimum absolute atomic E-state index is 0.128. The topological polar surface area (TPSA) is 24.5 Å². The molecule has 1 saturated heterocycles. The molecule has 1 aliphatic heterocycles. The summed E-state index contributed by atoms with van der Waals surface area (Å²) in [6.45, 7) is 10.6. The molecule has 1 atom stereocenters. The van der Waals surface area contributed by atoms with Crippen molar-refractivity contribution >= 4 is 0 Å². The van der Waals surface area contributed by atoms with Gasteiger partial charge in [-0.05, 0) is 39.8 Å². The van der Waals surface area contributed by atoms with Gasteiger partial charge in [0.25, 0.3) is 0 Å². The minimum Gasteiger partial charge on any atom is -0.379 e. The first kappa shape index (κ1) is 15.5. The molecule has 1 unspecified atom stereocenters. The Labute approximate surface area is 123 Å². The van der Waals surface area contributed by atoms with Crippen LogP contribution in [-0.4, -0.2) is 49.8 Å². The van der Waals surface area contributed by atoms with Crippen LogP contribution < -0.4 is 5.32 Å². The molecule has 0 bridgehead atoms. The molecule has 3 heteroatoms. The second-order valence-electron chi connectivity index (χ2n) is 6.28. The van der Waals surface area contributed by atoms with Gasteiger partial charge in [-0.25, -0.2) is 0 Å². The molecular formula is C17H28N2O. The maximum Gasteiger partial charge on any atom is 0.0594 e. The highest BCUT2D eigenvalue weighted by Crippen LogP contribution is 2.23. The van der Waals surface area contributed by atoms with Gasteiger partial charge in [0, 0.05) is 24.7 Å². The molecule has 112 valence electrons. The average Bonchev–Trinajstić information content (AvgIpc) is 2.47. The number of nitrogens with zero attached hydrogens (tertiary/aromatic N) is 1. The summed E-state index contributed by atoms with van der Waals surface area (Å²) in [5.74, 6) is 0. The van der Waals surface area contributed by atoms with E-state index in [1.54, 1.807) is 0 Å². The van der Waals surface area contributed by atoms with Crippen molar-refractivity contribution in [2.24, 2.45) is 0 Å². The van der Waals surface area contributed by atoms with Gasteiger partial charge in [0.1, 0.15) is 0 Å². The van der Waals surface area contributed by atoms with E-state index in [0.29, 0.717) is 6.04 Å². The monoisotopic (exact) mass is 276 g/mol. The van der Waals surface area contributed by atoms with Crippen LogP contribution in [0, 0.1) is 6.92 Å². The smallest absolute Gasteiger partial charge is 0.0594 e. The molecule has 0 saturated carbocycles. The fourth-order valence-electron chi connectivity index (χ4n) is 3.02. The Bertz CT molecular complexity index is 408. The number of benzene rings is 1. The van der Waals surface area contributed by atoms with Gasteiger partial charge in [0.15, 0.2) is 0 Å². The SMILES string of the molecule is CNC(Cc1ccc(C)cc1)C(C)(C)N1CCOCC1. The first-order valence-electron chi connectivity index (χ1n) is 7.59. The highest BCUT2D eigenvalue weighted by Gasteiger charge is 2.35. The predicted octanol–water partition coefficient (Wildman–Crippen LogP) is 2.24. The van der Waals surface area contributed by atoms with Crippen molar-refractivity contribution in [1.29, 1.82) is 0 Å². The number of hydrogen-bond acceptors (Lipinski definition) is 3. The molecule has 1 fully saturated rings. The van der Waals surface area contributed by atoms with Gasteiger partial charge in [0.2, 0.25) is 0 Å². The fourth-order valence-corrected chi connectivity index (χ4v) is 3.02. The lowest BCUT2D eigenvalue weighted by Gasteiger charge is -2.46. The second-order valence-corrected chi connectivity index (χ2v) is 6.28. The summed E-state index contributed by atoms with van der Waals surface area (Å²) in [6, 6.07) is 9.32. The van der Waals surface area contributed by atoms with Gasteiger partial charge in [-0.1, -0.05) is 29.8 Å². The lowest BCUT2D eigenvalue weighted by molar-refractivity contribution is -0.0223. The quantitative estimate of drug-likeness (QED) is 0.892. The lowest BCUT2D eigenvalue weighted by atomic mass is 9.87. The molecule has 1 N–H and O–H groups in total. The molecule has 1 aliphatic rings. The van der Waals surface area contributed by atoms with E-state index in [1.165, 1.54) is 11.1 Å². The maximum atomic E-state index is 5.48. The predicted molar refractivity (Wildman–Crippen MR) is 84.2 cm³/mol.